The zero-order chi connectivity index (χ0) is 8.55. The SMILES string of the molecule is O=CC1CC(C=O)C2CC=CC12. The van der Waals surface area contributed by atoms with E-state index >= 15 is 0 Å². The number of hydrogen-bond acceptors (Lipinski definition) is 2. The molecule has 0 aromatic heterocycles. The van der Waals surface area contributed by atoms with Crippen molar-refractivity contribution in [2.45, 2.75) is 12.8 Å². The molecular weight excluding hydrogens is 152 g/mol. The molecule has 64 valence electrons. The van der Waals surface area contributed by atoms with Crippen molar-refractivity contribution in [3.63, 3.8) is 0 Å². The van der Waals surface area contributed by atoms with E-state index in [9.17, 15) is 9.59 Å². The van der Waals surface area contributed by atoms with Crippen LogP contribution in [0.3, 0.4) is 0 Å². The number of carbonyl (C=O) groups excluding carboxylic acids is 2. The Morgan fingerprint density at radius 2 is 1.92 bits per heavy atom. The van der Waals surface area contributed by atoms with Gasteiger partial charge in [0.1, 0.15) is 12.6 Å². The summed E-state index contributed by atoms with van der Waals surface area (Å²) in [5.74, 6) is 1.01. The van der Waals surface area contributed by atoms with Crippen molar-refractivity contribution in [2.24, 2.45) is 23.7 Å². The molecule has 0 radical (unpaired) electrons. The molecule has 0 saturated heterocycles. The second kappa shape index (κ2) is 2.85. The van der Waals surface area contributed by atoms with Gasteiger partial charge in [0, 0.05) is 11.8 Å². The van der Waals surface area contributed by atoms with Gasteiger partial charge >= 0.3 is 0 Å². The van der Waals surface area contributed by atoms with Gasteiger partial charge in [-0.2, -0.15) is 0 Å². The highest BCUT2D eigenvalue weighted by molar-refractivity contribution is 5.62. The highest BCUT2D eigenvalue weighted by Crippen LogP contribution is 2.45. The van der Waals surface area contributed by atoms with Crippen LogP contribution in [-0.4, -0.2) is 12.6 Å². The molecule has 1 saturated carbocycles. The summed E-state index contributed by atoms with van der Waals surface area (Å²) >= 11 is 0. The van der Waals surface area contributed by atoms with Gasteiger partial charge < -0.3 is 9.59 Å². The van der Waals surface area contributed by atoms with E-state index in [4.69, 9.17) is 0 Å². The number of hydrogen-bond donors (Lipinski definition) is 0. The van der Waals surface area contributed by atoms with E-state index < -0.39 is 0 Å². The summed E-state index contributed by atoms with van der Waals surface area (Å²) in [6.07, 6.45) is 7.99. The first-order valence-electron chi connectivity index (χ1n) is 4.44. The van der Waals surface area contributed by atoms with Crippen LogP contribution in [0.1, 0.15) is 12.8 Å². The van der Waals surface area contributed by atoms with Gasteiger partial charge in [0.25, 0.3) is 0 Å². The largest absolute Gasteiger partial charge is 0.303 e. The Balaban J connectivity index is 2.19. The van der Waals surface area contributed by atoms with E-state index in [1.165, 1.54) is 0 Å². The van der Waals surface area contributed by atoms with E-state index in [1.54, 1.807) is 0 Å². The number of fused-ring (bicyclic) bond motifs is 1. The number of carbonyl (C=O) groups is 2. The molecule has 0 amide bonds. The first-order chi connectivity index (χ1) is 5.86. The standard InChI is InChI=1S/C10H12O2/c11-5-7-4-8(6-12)10-3-1-2-9(7)10/h1-2,5-10H,3-4H2. The van der Waals surface area contributed by atoms with Gasteiger partial charge in [-0.25, -0.2) is 0 Å². The van der Waals surface area contributed by atoms with Crippen LogP contribution in [0.25, 0.3) is 0 Å². The van der Waals surface area contributed by atoms with Crippen molar-refractivity contribution in [2.75, 3.05) is 0 Å². The summed E-state index contributed by atoms with van der Waals surface area (Å²) in [6.45, 7) is 0. The van der Waals surface area contributed by atoms with Gasteiger partial charge in [0.15, 0.2) is 0 Å². The fraction of sp³-hybridized carbons (Fsp3) is 0.600. The third-order valence-corrected chi connectivity index (χ3v) is 3.20. The van der Waals surface area contributed by atoms with Crippen molar-refractivity contribution in [3.05, 3.63) is 12.2 Å². The van der Waals surface area contributed by atoms with Gasteiger partial charge in [-0.05, 0) is 24.7 Å². The van der Waals surface area contributed by atoms with E-state index in [2.05, 4.69) is 12.2 Å². The molecular formula is C10H12O2. The lowest BCUT2D eigenvalue weighted by atomic mass is 9.91. The minimum absolute atomic E-state index is 0.101. The van der Waals surface area contributed by atoms with Crippen molar-refractivity contribution >= 4 is 12.6 Å². The Morgan fingerprint density at radius 1 is 1.17 bits per heavy atom. The number of rotatable bonds is 2. The Hall–Kier alpha value is -0.920. The second-order valence-corrected chi connectivity index (χ2v) is 3.74. The summed E-state index contributed by atoms with van der Waals surface area (Å²) in [7, 11) is 0. The summed E-state index contributed by atoms with van der Waals surface area (Å²) in [6, 6.07) is 0. The first kappa shape index (κ1) is 7.71. The van der Waals surface area contributed by atoms with Crippen LogP contribution in [0.4, 0.5) is 0 Å². The predicted octanol–water partition coefficient (Wildman–Crippen LogP) is 1.21. The molecule has 2 aliphatic carbocycles. The molecule has 0 aromatic rings. The zero-order valence-corrected chi connectivity index (χ0v) is 6.85. The zero-order valence-electron chi connectivity index (χ0n) is 6.85. The monoisotopic (exact) mass is 164 g/mol. The van der Waals surface area contributed by atoms with Crippen LogP contribution in [0.15, 0.2) is 12.2 Å². The fourth-order valence-electron chi connectivity index (χ4n) is 2.56. The number of allylic oxidation sites excluding steroid dienone is 2. The maximum Gasteiger partial charge on any atom is 0.123 e. The molecule has 12 heavy (non-hydrogen) atoms. The predicted molar refractivity (Wildman–Crippen MR) is 44.5 cm³/mol. The van der Waals surface area contributed by atoms with E-state index in [0.717, 1.165) is 25.4 Å². The molecule has 0 bridgehead atoms. The fourth-order valence-corrected chi connectivity index (χ4v) is 2.56. The van der Waals surface area contributed by atoms with Crippen LogP contribution in [-0.2, 0) is 9.59 Å². The normalized spacial score (nSPS) is 44.3. The molecule has 4 unspecified atom stereocenters. The van der Waals surface area contributed by atoms with Gasteiger partial charge in [0.2, 0.25) is 0 Å². The van der Waals surface area contributed by atoms with E-state index in [-0.39, 0.29) is 11.8 Å². The molecule has 2 aliphatic rings. The van der Waals surface area contributed by atoms with Crippen LogP contribution in [0, 0.1) is 23.7 Å². The van der Waals surface area contributed by atoms with Crippen molar-refractivity contribution < 1.29 is 9.59 Å². The summed E-state index contributed by atoms with van der Waals surface area (Å²) < 4.78 is 0. The summed E-state index contributed by atoms with van der Waals surface area (Å²) in [5, 5.41) is 0. The topological polar surface area (TPSA) is 34.1 Å². The lowest BCUT2D eigenvalue weighted by molar-refractivity contribution is -0.112. The molecule has 1 fully saturated rings. The maximum atomic E-state index is 10.7. The minimum Gasteiger partial charge on any atom is -0.303 e. The minimum atomic E-state index is 0.101. The third-order valence-electron chi connectivity index (χ3n) is 3.20. The van der Waals surface area contributed by atoms with E-state index in [1.807, 2.05) is 0 Å². The molecule has 0 heterocycles. The second-order valence-electron chi connectivity index (χ2n) is 3.74. The molecule has 2 heteroatoms. The van der Waals surface area contributed by atoms with E-state index in [0.29, 0.717) is 11.8 Å². The molecule has 4 atom stereocenters. The summed E-state index contributed by atoms with van der Waals surface area (Å²) in [5.41, 5.74) is 0. The number of aldehydes is 2. The highest BCUT2D eigenvalue weighted by Gasteiger charge is 2.42. The lowest BCUT2D eigenvalue weighted by Gasteiger charge is -2.12. The van der Waals surface area contributed by atoms with Gasteiger partial charge in [0.05, 0.1) is 0 Å². The van der Waals surface area contributed by atoms with Gasteiger partial charge in [-0.3, -0.25) is 0 Å². The lowest BCUT2D eigenvalue weighted by Crippen LogP contribution is -2.12. The molecule has 0 N–H and O–H groups in total. The van der Waals surface area contributed by atoms with Crippen LogP contribution in [0.2, 0.25) is 0 Å². The van der Waals surface area contributed by atoms with Crippen molar-refractivity contribution in [1.82, 2.24) is 0 Å². The van der Waals surface area contributed by atoms with Crippen LogP contribution < -0.4 is 0 Å². The molecule has 0 spiro atoms. The maximum absolute atomic E-state index is 10.7. The smallest absolute Gasteiger partial charge is 0.123 e. The molecule has 2 nitrogen and oxygen atoms in total. The van der Waals surface area contributed by atoms with Crippen molar-refractivity contribution in [3.8, 4) is 0 Å². The average Bonchev–Trinajstić information content (AvgIpc) is 2.63. The molecule has 0 aromatic carbocycles. The van der Waals surface area contributed by atoms with Gasteiger partial charge in [-0.15, -0.1) is 0 Å². The molecule has 2 rings (SSSR count). The van der Waals surface area contributed by atoms with Gasteiger partial charge in [-0.1, -0.05) is 12.2 Å². The third kappa shape index (κ3) is 0.942. The van der Waals surface area contributed by atoms with Crippen LogP contribution in [0.5, 0.6) is 0 Å². The Morgan fingerprint density at radius 3 is 2.58 bits per heavy atom. The first-order valence-corrected chi connectivity index (χ1v) is 4.44. The Labute approximate surface area is 71.6 Å². The quantitative estimate of drug-likeness (QED) is 0.454. The highest BCUT2D eigenvalue weighted by atomic mass is 16.1. The van der Waals surface area contributed by atoms with Crippen LogP contribution >= 0.6 is 0 Å². The Bertz CT molecular complexity index is 232. The van der Waals surface area contributed by atoms with Crippen molar-refractivity contribution in [1.29, 1.82) is 0 Å². The summed E-state index contributed by atoms with van der Waals surface area (Å²) in [4.78, 5) is 21.3. The Kier molecular flexibility index (Phi) is 1.83. The molecule has 0 aliphatic heterocycles. The average molecular weight is 164 g/mol.